The number of carbonyl (C=O) groups is 1. The van der Waals surface area contributed by atoms with Crippen molar-refractivity contribution in [1.29, 1.82) is 0 Å². The van der Waals surface area contributed by atoms with E-state index in [0.717, 1.165) is 16.7 Å². The molecule has 1 aliphatic heterocycles. The summed E-state index contributed by atoms with van der Waals surface area (Å²) in [6.45, 7) is 3.92. The van der Waals surface area contributed by atoms with E-state index in [2.05, 4.69) is 4.99 Å². The minimum absolute atomic E-state index is 0.00437. The minimum Gasteiger partial charge on any atom is -0.402 e. The molecule has 0 bridgehead atoms. The average Bonchev–Trinajstić information content (AvgIpc) is 2.91. The number of nitro benzene ring substituents is 1. The first-order valence-electron chi connectivity index (χ1n) is 7.39. The zero-order chi connectivity index (χ0) is 18.1. The number of carbonyl (C=O) groups excluding carboxylic acids is 1. The van der Waals surface area contributed by atoms with E-state index in [1.54, 1.807) is 6.08 Å². The maximum Gasteiger partial charge on any atom is 0.363 e. The third-order valence-electron chi connectivity index (χ3n) is 3.73. The van der Waals surface area contributed by atoms with Crippen molar-refractivity contribution in [3.8, 4) is 0 Å². The highest BCUT2D eigenvalue weighted by molar-refractivity contribution is 6.32. The van der Waals surface area contributed by atoms with E-state index in [9.17, 15) is 14.9 Å². The van der Waals surface area contributed by atoms with Crippen molar-refractivity contribution in [3.63, 3.8) is 0 Å². The summed E-state index contributed by atoms with van der Waals surface area (Å²) < 4.78 is 5.15. The molecule has 2 aromatic rings. The number of hydrogen-bond acceptors (Lipinski definition) is 5. The largest absolute Gasteiger partial charge is 0.402 e. The van der Waals surface area contributed by atoms with Gasteiger partial charge in [0.15, 0.2) is 5.70 Å². The number of benzene rings is 2. The summed E-state index contributed by atoms with van der Waals surface area (Å²) in [6.07, 6.45) is 1.63. The van der Waals surface area contributed by atoms with Crippen molar-refractivity contribution >= 4 is 35.2 Å². The molecular weight excluding hydrogens is 344 g/mol. The molecule has 25 heavy (non-hydrogen) atoms. The Morgan fingerprint density at radius 1 is 1.20 bits per heavy atom. The fraction of sp³-hybridized carbons (Fsp3) is 0.111. The van der Waals surface area contributed by atoms with Gasteiger partial charge in [0.25, 0.3) is 5.69 Å². The van der Waals surface area contributed by atoms with Crippen molar-refractivity contribution in [2.45, 2.75) is 13.8 Å². The first kappa shape index (κ1) is 16.9. The van der Waals surface area contributed by atoms with Crippen LogP contribution >= 0.6 is 11.6 Å². The third-order valence-corrected chi connectivity index (χ3v) is 4.05. The van der Waals surface area contributed by atoms with Crippen LogP contribution in [-0.2, 0) is 9.53 Å². The molecule has 0 amide bonds. The molecule has 0 fully saturated rings. The van der Waals surface area contributed by atoms with Gasteiger partial charge in [0, 0.05) is 11.6 Å². The summed E-state index contributed by atoms with van der Waals surface area (Å²) >= 11 is 5.79. The number of cyclic esters (lactones) is 1. The lowest BCUT2D eigenvalue weighted by atomic mass is 10.0. The molecule has 0 unspecified atom stereocenters. The molecular formula is C18H13ClN2O4. The van der Waals surface area contributed by atoms with Crippen LogP contribution in [0.4, 0.5) is 5.69 Å². The molecule has 0 radical (unpaired) electrons. The van der Waals surface area contributed by atoms with Gasteiger partial charge in [-0.25, -0.2) is 9.79 Å². The molecule has 6 nitrogen and oxygen atoms in total. The van der Waals surface area contributed by atoms with Crippen molar-refractivity contribution in [1.82, 2.24) is 0 Å². The van der Waals surface area contributed by atoms with E-state index in [4.69, 9.17) is 16.3 Å². The van der Waals surface area contributed by atoms with Crippen molar-refractivity contribution in [3.05, 3.63) is 79.5 Å². The molecule has 1 aliphatic rings. The van der Waals surface area contributed by atoms with Crippen molar-refractivity contribution in [2.75, 3.05) is 0 Å². The van der Waals surface area contributed by atoms with Crippen molar-refractivity contribution in [2.24, 2.45) is 4.99 Å². The summed E-state index contributed by atoms with van der Waals surface area (Å²) in [4.78, 5) is 26.6. The van der Waals surface area contributed by atoms with Crippen LogP contribution in [0.3, 0.4) is 0 Å². The van der Waals surface area contributed by atoms with Gasteiger partial charge in [0.1, 0.15) is 5.02 Å². The van der Waals surface area contributed by atoms with E-state index in [1.165, 1.54) is 18.2 Å². The molecule has 1 heterocycles. The van der Waals surface area contributed by atoms with E-state index >= 15 is 0 Å². The summed E-state index contributed by atoms with van der Waals surface area (Å²) in [5.41, 5.74) is 3.15. The Morgan fingerprint density at radius 3 is 2.64 bits per heavy atom. The quantitative estimate of drug-likeness (QED) is 0.357. The Labute approximate surface area is 148 Å². The SMILES string of the molecule is Cc1ccc(/C=C2\N=C(c3ccc(Cl)c([N+](=O)[O-])c3)OC2=O)c(C)c1. The lowest BCUT2D eigenvalue weighted by Crippen LogP contribution is -2.06. The summed E-state index contributed by atoms with van der Waals surface area (Å²) in [6, 6.07) is 9.95. The van der Waals surface area contributed by atoms with Crippen LogP contribution in [0.15, 0.2) is 47.1 Å². The predicted octanol–water partition coefficient (Wildman–Crippen LogP) is 4.21. The molecule has 0 saturated carbocycles. The molecule has 7 heteroatoms. The van der Waals surface area contributed by atoms with E-state index in [-0.39, 0.29) is 22.3 Å². The van der Waals surface area contributed by atoms with Gasteiger partial charge < -0.3 is 4.74 Å². The Bertz CT molecular complexity index is 964. The van der Waals surface area contributed by atoms with Crippen LogP contribution in [0, 0.1) is 24.0 Å². The fourth-order valence-electron chi connectivity index (χ4n) is 2.45. The van der Waals surface area contributed by atoms with E-state index < -0.39 is 10.9 Å². The van der Waals surface area contributed by atoms with Crippen LogP contribution in [0.2, 0.25) is 5.02 Å². The Morgan fingerprint density at radius 2 is 1.96 bits per heavy atom. The Balaban J connectivity index is 1.99. The zero-order valence-corrected chi connectivity index (χ0v) is 14.2. The normalized spacial score (nSPS) is 15.2. The number of aliphatic imine (C=N–C) groups is 1. The van der Waals surface area contributed by atoms with Gasteiger partial charge in [0.05, 0.1) is 4.92 Å². The molecule has 0 aliphatic carbocycles. The molecule has 0 atom stereocenters. The maximum absolute atomic E-state index is 12.1. The van der Waals surface area contributed by atoms with Gasteiger partial charge >= 0.3 is 5.97 Å². The summed E-state index contributed by atoms with van der Waals surface area (Å²) in [7, 11) is 0. The van der Waals surface area contributed by atoms with Gasteiger partial charge in [-0.3, -0.25) is 10.1 Å². The van der Waals surface area contributed by atoms with Crippen LogP contribution in [-0.4, -0.2) is 16.8 Å². The first-order chi connectivity index (χ1) is 11.8. The lowest BCUT2D eigenvalue weighted by molar-refractivity contribution is -0.384. The predicted molar refractivity (Wildman–Crippen MR) is 94.6 cm³/mol. The van der Waals surface area contributed by atoms with Gasteiger partial charge in [-0.1, -0.05) is 35.4 Å². The van der Waals surface area contributed by atoms with Crippen LogP contribution in [0.5, 0.6) is 0 Å². The number of esters is 1. The average molecular weight is 357 g/mol. The van der Waals surface area contributed by atoms with Crippen LogP contribution in [0.25, 0.3) is 6.08 Å². The monoisotopic (exact) mass is 356 g/mol. The maximum atomic E-state index is 12.1. The smallest absolute Gasteiger partial charge is 0.363 e. The molecule has 0 N–H and O–H groups in total. The lowest BCUT2D eigenvalue weighted by Gasteiger charge is -2.01. The topological polar surface area (TPSA) is 81.8 Å². The number of ether oxygens (including phenoxy) is 1. The van der Waals surface area contributed by atoms with E-state index in [1.807, 2.05) is 32.0 Å². The highest BCUT2D eigenvalue weighted by atomic mass is 35.5. The highest BCUT2D eigenvalue weighted by Gasteiger charge is 2.26. The molecule has 0 aromatic heterocycles. The number of hydrogen-bond donors (Lipinski definition) is 0. The standard InChI is InChI=1S/C18H13ClN2O4/c1-10-3-4-12(11(2)7-10)8-15-18(22)25-17(20-15)13-5-6-14(19)16(9-13)21(23)24/h3-9H,1-2H3/b15-8-. The van der Waals surface area contributed by atoms with Gasteiger partial charge in [0.2, 0.25) is 5.90 Å². The minimum atomic E-state index is -0.604. The molecule has 126 valence electrons. The second-order valence-electron chi connectivity index (χ2n) is 5.62. The molecule has 0 saturated heterocycles. The second kappa shape index (κ2) is 6.49. The zero-order valence-electron chi connectivity index (χ0n) is 13.4. The van der Waals surface area contributed by atoms with Gasteiger partial charge in [-0.15, -0.1) is 0 Å². The fourth-order valence-corrected chi connectivity index (χ4v) is 2.64. The van der Waals surface area contributed by atoms with Gasteiger partial charge in [-0.05, 0) is 43.2 Å². The number of nitrogens with zero attached hydrogens (tertiary/aromatic N) is 2. The van der Waals surface area contributed by atoms with E-state index in [0.29, 0.717) is 5.56 Å². The van der Waals surface area contributed by atoms with Crippen LogP contribution in [0.1, 0.15) is 22.3 Å². The summed E-state index contributed by atoms with van der Waals surface area (Å²) in [5, 5.41) is 11.0. The molecule has 3 rings (SSSR count). The third kappa shape index (κ3) is 3.44. The number of rotatable bonds is 3. The number of halogens is 1. The summed E-state index contributed by atoms with van der Waals surface area (Å²) in [5.74, 6) is -0.589. The second-order valence-corrected chi connectivity index (χ2v) is 6.03. The first-order valence-corrected chi connectivity index (χ1v) is 7.77. The van der Waals surface area contributed by atoms with Gasteiger partial charge in [-0.2, -0.15) is 0 Å². The molecule has 0 spiro atoms. The number of nitro groups is 1. The highest BCUT2D eigenvalue weighted by Crippen LogP contribution is 2.27. The number of aryl methyl sites for hydroxylation is 2. The van der Waals surface area contributed by atoms with Crippen LogP contribution < -0.4 is 0 Å². The Kier molecular flexibility index (Phi) is 4.37. The molecule has 2 aromatic carbocycles. The van der Waals surface area contributed by atoms with Crippen molar-refractivity contribution < 1.29 is 14.5 Å². The Hall–Kier alpha value is -2.99.